The molecule has 0 aromatic carbocycles. The van der Waals surface area contributed by atoms with Gasteiger partial charge in [0, 0.05) is 16.9 Å². The number of carbonyl (C=O) groups is 2. The normalized spacial score (nSPS) is 38.8. The van der Waals surface area contributed by atoms with Crippen LogP contribution in [0.2, 0.25) is 0 Å². The Morgan fingerprint density at radius 1 is 1.42 bits per heavy atom. The van der Waals surface area contributed by atoms with Crippen molar-refractivity contribution in [3.05, 3.63) is 49.1 Å². The maximum Gasteiger partial charge on any atom is 0.336 e. The van der Waals surface area contributed by atoms with Crippen LogP contribution in [0, 0.1) is 17.3 Å². The molecule has 0 radical (unpaired) electrons. The first-order valence-electron chi connectivity index (χ1n) is 8.27. The molecule has 6 atom stereocenters. The third-order valence-corrected chi connectivity index (χ3v) is 5.56. The fourth-order valence-electron chi connectivity index (χ4n) is 4.17. The van der Waals surface area contributed by atoms with Crippen molar-refractivity contribution in [2.45, 2.75) is 24.9 Å². The molecule has 2 N–H and O–H groups in total. The van der Waals surface area contributed by atoms with Gasteiger partial charge in [0.25, 0.3) is 0 Å². The largest absolute Gasteiger partial charge is 0.458 e. The number of rotatable bonds is 4. The maximum atomic E-state index is 12.1. The molecular formula is C19H22O7. The quantitative estimate of drug-likeness (QED) is 0.430. The molecule has 2 saturated heterocycles. The standard InChI is InChI=1S/C19H22O7/c1-5-19-6-12(25-16(21)9(2)7-20)13-10(3)18(23)26-15(13)14(19)11(4)17(22)24-8-19/h5,12-15,17,20,22H,1-4,6-8H2. The van der Waals surface area contributed by atoms with E-state index in [0.717, 1.165) is 0 Å². The molecule has 0 amide bonds. The van der Waals surface area contributed by atoms with Gasteiger partial charge in [-0.3, -0.25) is 0 Å². The summed E-state index contributed by atoms with van der Waals surface area (Å²) in [6, 6.07) is 0. The molecule has 0 aromatic heterocycles. The van der Waals surface area contributed by atoms with Gasteiger partial charge < -0.3 is 24.4 Å². The summed E-state index contributed by atoms with van der Waals surface area (Å²) in [6.07, 6.45) is -0.659. The van der Waals surface area contributed by atoms with E-state index >= 15 is 0 Å². The van der Waals surface area contributed by atoms with Gasteiger partial charge in [-0.15, -0.1) is 6.58 Å². The molecule has 1 saturated carbocycles. The van der Waals surface area contributed by atoms with Gasteiger partial charge in [0.2, 0.25) is 0 Å². The molecule has 6 unspecified atom stereocenters. The van der Waals surface area contributed by atoms with E-state index in [2.05, 4.69) is 26.3 Å². The van der Waals surface area contributed by atoms with Gasteiger partial charge in [-0.2, -0.15) is 0 Å². The van der Waals surface area contributed by atoms with E-state index in [1.807, 2.05) is 0 Å². The number of esters is 2. The lowest BCUT2D eigenvalue weighted by atomic mass is 9.57. The number of ether oxygens (including phenoxy) is 3. The smallest absolute Gasteiger partial charge is 0.336 e. The van der Waals surface area contributed by atoms with Gasteiger partial charge in [0.05, 0.1) is 24.7 Å². The van der Waals surface area contributed by atoms with Crippen molar-refractivity contribution in [2.24, 2.45) is 17.3 Å². The Morgan fingerprint density at radius 2 is 2.12 bits per heavy atom. The van der Waals surface area contributed by atoms with Crippen molar-refractivity contribution < 1.29 is 34.0 Å². The zero-order valence-corrected chi connectivity index (χ0v) is 14.3. The highest BCUT2D eigenvalue weighted by Crippen LogP contribution is 2.56. The Kier molecular flexibility index (Phi) is 4.64. The highest BCUT2D eigenvalue weighted by atomic mass is 16.6. The minimum absolute atomic E-state index is 0.0908. The third kappa shape index (κ3) is 2.63. The fraction of sp³-hybridized carbons (Fsp3) is 0.474. The third-order valence-electron chi connectivity index (χ3n) is 5.56. The Hall–Kier alpha value is -2.22. The summed E-state index contributed by atoms with van der Waals surface area (Å²) in [5.74, 6) is -2.35. The summed E-state index contributed by atoms with van der Waals surface area (Å²) in [6.45, 7) is 14.6. The summed E-state index contributed by atoms with van der Waals surface area (Å²) < 4.78 is 16.4. The lowest BCUT2D eigenvalue weighted by Gasteiger charge is -2.53. The highest BCUT2D eigenvalue weighted by molar-refractivity contribution is 5.92. The maximum absolute atomic E-state index is 12.1. The lowest BCUT2D eigenvalue weighted by molar-refractivity contribution is -0.194. The lowest BCUT2D eigenvalue weighted by Crippen LogP contribution is -2.58. The Labute approximate surface area is 151 Å². The average Bonchev–Trinajstić information content (AvgIpc) is 2.92. The molecule has 2 aliphatic heterocycles. The molecule has 26 heavy (non-hydrogen) atoms. The fourth-order valence-corrected chi connectivity index (χ4v) is 4.17. The van der Waals surface area contributed by atoms with Crippen LogP contribution in [0.4, 0.5) is 0 Å². The van der Waals surface area contributed by atoms with Crippen LogP contribution in [-0.4, -0.2) is 53.9 Å². The van der Waals surface area contributed by atoms with E-state index in [0.29, 0.717) is 5.57 Å². The number of fused-ring (bicyclic) bond motifs is 3. The number of hydrogen-bond donors (Lipinski definition) is 2. The molecule has 0 spiro atoms. The zero-order chi connectivity index (χ0) is 19.2. The molecule has 2 heterocycles. The summed E-state index contributed by atoms with van der Waals surface area (Å²) >= 11 is 0. The summed E-state index contributed by atoms with van der Waals surface area (Å²) in [4.78, 5) is 24.3. The first-order valence-corrected chi connectivity index (χ1v) is 8.27. The van der Waals surface area contributed by atoms with E-state index in [-0.39, 0.29) is 24.2 Å². The number of aliphatic hydroxyl groups is 2. The van der Waals surface area contributed by atoms with Crippen molar-refractivity contribution >= 4 is 11.9 Å². The highest BCUT2D eigenvalue weighted by Gasteiger charge is 2.62. The van der Waals surface area contributed by atoms with Crippen LogP contribution in [-0.2, 0) is 23.8 Å². The molecule has 3 fully saturated rings. The van der Waals surface area contributed by atoms with Gasteiger partial charge in [-0.1, -0.05) is 25.8 Å². The van der Waals surface area contributed by atoms with Crippen LogP contribution >= 0.6 is 0 Å². The molecular weight excluding hydrogens is 340 g/mol. The summed E-state index contributed by atoms with van der Waals surface area (Å²) in [5.41, 5.74) is -0.229. The number of hydrogen-bond acceptors (Lipinski definition) is 7. The van der Waals surface area contributed by atoms with Gasteiger partial charge in [0.1, 0.15) is 12.2 Å². The van der Waals surface area contributed by atoms with Crippen LogP contribution in [0.25, 0.3) is 0 Å². The van der Waals surface area contributed by atoms with E-state index in [1.165, 1.54) is 0 Å². The van der Waals surface area contributed by atoms with E-state index < -0.39 is 54.3 Å². The molecule has 3 aliphatic rings. The molecule has 140 valence electrons. The second-order valence-corrected chi connectivity index (χ2v) is 6.98. The van der Waals surface area contributed by atoms with Crippen LogP contribution in [0.15, 0.2) is 49.1 Å². The molecule has 3 rings (SSSR count). The molecule has 0 aromatic rings. The van der Waals surface area contributed by atoms with E-state index in [9.17, 15) is 14.7 Å². The van der Waals surface area contributed by atoms with Gasteiger partial charge in [0.15, 0.2) is 6.29 Å². The zero-order valence-electron chi connectivity index (χ0n) is 14.3. The van der Waals surface area contributed by atoms with Crippen LogP contribution < -0.4 is 0 Å². The topological polar surface area (TPSA) is 102 Å². The van der Waals surface area contributed by atoms with Crippen molar-refractivity contribution in [3.63, 3.8) is 0 Å². The van der Waals surface area contributed by atoms with Crippen LogP contribution in [0.5, 0.6) is 0 Å². The second kappa shape index (κ2) is 6.50. The van der Waals surface area contributed by atoms with Gasteiger partial charge in [-0.05, 0) is 12.0 Å². The van der Waals surface area contributed by atoms with Crippen LogP contribution in [0.3, 0.4) is 0 Å². The number of carbonyl (C=O) groups excluding carboxylic acids is 2. The van der Waals surface area contributed by atoms with Gasteiger partial charge in [-0.25, -0.2) is 9.59 Å². The molecule has 7 heteroatoms. The second-order valence-electron chi connectivity index (χ2n) is 6.98. The molecule has 0 bridgehead atoms. The first-order chi connectivity index (χ1) is 12.3. The molecule has 7 nitrogen and oxygen atoms in total. The predicted molar refractivity (Wildman–Crippen MR) is 90.5 cm³/mol. The van der Waals surface area contributed by atoms with Crippen LogP contribution in [0.1, 0.15) is 6.42 Å². The number of aliphatic hydroxyl groups excluding tert-OH is 2. The average molecular weight is 362 g/mol. The molecule has 1 aliphatic carbocycles. The monoisotopic (exact) mass is 362 g/mol. The Bertz CT molecular complexity index is 709. The van der Waals surface area contributed by atoms with Crippen molar-refractivity contribution in [1.29, 1.82) is 0 Å². The first kappa shape index (κ1) is 18.6. The summed E-state index contributed by atoms with van der Waals surface area (Å²) in [7, 11) is 0. The Morgan fingerprint density at radius 3 is 2.73 bits per heavy atom. The van der Waals surface area contributed by atoms with Crippen molar-refractivity contribution in [3.8, 4) is 0 Å². The Balaban J connectivity index is 2.00. The van der Waals surface area contributed by atoms with Crippen molar-refractivity contribution in [2.75, 3.05) is 13.2 Å². The predicted octanol–water partition coefficient (Wildman–Crippen LogP) is 0.642. The SMILES string of the molecule is C=CC12COC(O)C(=C)C1C1OC(=O)C(=C)C1C(OC(=O)C(=C)CO)C2. The van der Waals surface area contributed by atoms with E-state index in [4.69, 9.17) is 19.3 Å². The van der Waals surface area contributed by atoms with Crippen molar-refractivity contribution in [1.82, 2.24) is 0 Å². The minimum atomic E-state index is -1.17. The summed E-state index contributed by atoms with van der Waals surface area (Å²) in [5, 5.41) is 19.1. The minimum Gasteiger partial charge on any atom is -0.458 e. The van der Waals surface area contributed by atoms with Gasteiger partial charge >= 0.3 is 11.9 Å². The van der Waals surface area contributed by atoms with E-state index in [1.54, 1.807) is 6.08 Å².